The Bertz CT molecular complexity index is 291. The molecule has 2 amide bonds. The average molecular weight is 242 g/mol. The fraction of sp³-hybridized carbons (Fsp3) is 0.833. The summed E-state index contributed by atoms with van der Waals surface area (Å²) >= 11 is 0. The second-order valence-electron chi connectivity index (χ2n) is 4.68. The van der Waals surface area contributed by atoms with Gasteiger partial charge in [-0.15, -0.1) is 0 Å². The highest BCUT2D eigenvalue weighted by Gasteiger charge is 2.36. The first-order valence-corrected chi connectivity index (χ1v) is 6.20. The summed E-state index contributed by atoms with van der Waals surface area (Å²) in [6.45, 7) is 7.19. The van der Waals surface area contributed by atoms with Crippen molar-refractivity contribution in [1.82, 2.24) is 9.80 Å². The molecule has 1 atom stereocenters. The average Bonchev–Trinajstić information content (AvgIpc) is 2.67. The number of aliphatic hydroxyl groups is 1. The molecule has 0 aliphatic carbocycles. The van der Waals surface area contributed by atoms with Gasteiger partial charge in [0.05, 0.1) is 12.5 Å². The zero-order chi connectivity index (χ0) is 13.0. The summed E-state index contributed by atoms with van der Waals surface area (Å²) in [6, 6.07) is 0.146. The van der Waals surface area contributed by atoms with Crippen LogP contribution in [0.5, 0.6) is 0 Å². The van der Waals surface area contributed by atoms with Gasteiger partial charge >= 0.3 is 0 Å². The summed E-state index contributed by atoms with van der Waals surface area (Å²) in [7, 11) is 0. The number of nitrogens with zero attached hydrogens (tertiary/aromatic N) is 2. The van der Waals surface area contributed by atoms with Gasteiger partial charge in [-0.25, -0.2) is 0 Å². The van der Waals surface area contributed by atoms with Crippen molar-refractivity contribution >= 4 is 11.8 Å². The number of carbonyl (C=O) groups is 2. The van der Waals surface area contributed by atoms with E-state index >= 15 is 0 Å². The van der Waals surface area contributed by atoms with Crippen LogP contribution in [0, 0.1) is 5.92 Å². The van der Waals surface area contributed by atoms with Crippen LogP contribution < -0.4 is 0 Å². The predicted octanol–water partition coefficient (Wildman–Crippen LogP) is 0.0841. The number of rotatable bonds is 5. The Kier molecular flexibility index (Phi) is 4.93. The van der Waals surface area contributed by atoms with Crippen molar-refractivity contribution in [2.45, 2.75) is 33.2 Å². The second-order valence-corrected chi connectivity index (χ2v) is 4.68. The standard InChI is InChI=1S/C12H22N2O3/c1-4-13(5-6-15)12(17)10-7-11(16)14(8-10)9(2)3/h9-10,15H,4-8H2,1-3H3. The minimum atomic E-state index is -0.239. The SMILES string of the molecule is CCN(CCO)C(=O)C1CC(=O)N(C(C)C)C1. The van der Waals surface area contributed by atoms with Crippen molar-refractivity contribution in [2.24, 2.45) is 5.92 Å². The Morgan fingerprint density at radius 1 is 1.59 bits per heavy atom. The van der Waals surface area contributed by atoms with Crippen LogP contribution >= 0.6 is 0 Å². The third kappa shape index (κ3) is 3.19. The quantitative estimate of drug-likeness (QED) is 0.743. The summed E-state index contributed by atoms with van der Waals surface area (Å²) in [5.74, 6) is -0.201. The van der Waals surface area contributed by atoms with Crippen LogP contribution in [-0.4, -0.2) is 59.0 Å². The van der Waals surface area contributed by atoms with Crippen molar-refractivity contribution in [3.63, 3.8) is 0 Å². The maximum atomic E-state index is 12.1. The van der Waals surface area contributed by atoms with E-state index in [1.807, 2.05) is 20.8 Å². The van der Waals surface area contributed by atoms with E-state index in [0.29, 0.717) is 26.1 Å². The lowest BCUT2D eigenvalue weighted by Gasteiger charge is -2.24. The molecule has 1 aliphatic rings. The van der Waals surface area contributed by atoms with Crippen LogP contribution in [0.25, 0.3) is 0 Å². The summed E-state index contributed by atoms with van der Waals surface area (Å²) in [5, 5.41) is 8.88. The molecule has 0 saturated carbocycles. The van der Waals surface area contributed by atoms with E-state index in [0.717, 1.165) is 0 Å². The zero-order valence-electron chi connectivity index (χ0n) is 10.8. The fourth-order valence-corrected chi connectivity index (χ4v) is 2.20. The molecule has 0 radical (unpaired) electrons. The number of carbonyl (C=O) groups excluding carboxylic acids is 2. The first-order chi connectivity index (χ1) is 8.01. The summed E-state index contributed by atoms with van der Waals surface area (Å²) in [4.78, 5) is 27.2. The highest BCUT2D eigenvalue weighted by atomic mass is 16.3. The highest BCUT2D eigenvalue weighted by Crippen LogP contribution is 2.21. The number of aliphatic hydroxyl groups excluding tert-OH is 1. The normalized spacial score (nSPS) is 20.2. The van der Waals surface area contributed by atoms with Gasteiger partial charge in [-0.05, 0) is 20.8 Å². The van der Waals surface area contributed by atoms with Crippen LogP contribution in [-0.2, 0) is 9.59 Å². The van der Waals surface area contributed by atoms with Gasteiger partial charge in [0.15, 0.2) is 0 Å². The molecule has 1 N–H and O–H groups in total. The monoisotopic (exact) mass is 242 g/mol. The summed E-state index contributed by atoms with van der Waals surface area (Å²) in [6.07, 6.45) is 0.305. The zero-order valence-corrected chi connectivity index (χ0v) is 10.8. The number of hydrogen-bond donors (Lipinski definition) is 1. The van der Waals surface area contributed by atoms with Crippen LogP contribution in [0.2, 0.25) is 0 Å². The molecule has 1 heterocycles. The van der Waals surface area contributed by atoms with Gasteiger partial charge in [-0.2, -0.15) is 0 Å². The molecule has 17 heavy (non-hydrogen) atoms. The van der Waals surface area contributed by atoms with E-state index in [1.54, 1.807) is 9.80 Å². The summed E-state index contributed by atoms with van der Waals surface area (Å²) < 4.78 is 0. The van der Waals surface area contributed by atoms with Gasteiger partial charge in [-0.3, -0.25) is 9.59 Å². The number of likely N-dealkylation sites (tertiary alicyclic amines) is 1. The molecule has 5 nitrogen and oxygen atoms in total. The Hall–Kier alpha value is -1.10. The number of likely N-dealkylation sites (N-methyl/N-ethyl adjacent to an activating group) is 1. The van der Waals surface area contributed by atoms with Crippen molar-refractivity contribution in [3.05, 3.63) is 0 Å². The first kappa shape index (κ1) is 14.0. The molecule has 1 rings (SSSR count). The Labute approximate surface area is 102 Å². The minimum Gasteiger partial charge on any atom is -0.395 e. The van der Waals surface area contributed by atoms with E-state index in [9.17, 15) is 9.59 Å². The van der Waals surface area contributed by atoms with Crippen molar-refractivity contribution in [3.8, 4) is 0 Å². The molecule has 0 bridgehead atoms. The molecule has 0 aromatic carbocycles. The van der Waals surface area contributed by atoms with E-state index in [-0.39, 0.29) is 30.4 Å². The van der Waals surface area contributed by atoms with Crippen molar-refractivity contribution < 1.29 is 14.7 Å². The van der Waals surface area contributed by atoms with Crippen LogP contribution in [0.1, 0.15) is 27.2 Å². The van der Waals surface area contributed by atoms with E-state index in [1.165, 1.54) is 0 Å². The Morgan fingerprint density at radius 2 is 2.24 bits per heavy atom. The maximum absolute atomic E-state index is 12.1. The van der Waals surface area contributed by atoms with E-state index in [2.05, 4.69) is 0 Å². The molecule has 1 aliphatic heterocycles. The Balaban J connectivity index is 2.63. The fourth-order valence-electron chi connectivity index (χ4n) is 2.20. The third-order valence-electron chi connectivity index (χ3n) is 3.19. The van der Waals surface area contributed by atoms with Gasteiger partial charge < -0.3 is 14.9 Å². The predicted molar refractivity (Wildman–Crippen MR) is 64.3 cm³/mol. The number of hydrogen-bond acceptors (Lipinski definition) is 3. The van der Waals surface area contributed by atoms with Crippen LogP contribution in [0.15, 0.2) is 0 Å². The molecular weight excluding hydrogens is 220 g/mol. The molecule has 5 heteroatoms. The van der Waals surface area contributed by atoms with Crippen molar-refractivity contribution in [1.29, 1.82) is 0 Å². The number of amides is 2. The van der Waals surface area contributed by atoms with Gasteiger partial charge in [0.25, 0.3) is 0 Å². The molecule has 0 aromatic heterocycles. The van der Waals surface area contributed by atoms with Crippen molar-refractivity contribution in [2.75, 3.05) is 26.2 Å². The molecular formula is C12H22N2O3. The highest BCUT2D eigenvalue weighted by molar-refractivity contribution is 5.89. The molecule has 98 valence electrons. The molecule has 1 unspecified atom stereocenters. The third-order valence-corrected chi connectivity index (χ3v) is 3.19. The van der Waals surface area contributed by atoms with Gasteiger partial charge in [0, 0.05) is 32.1 Å². The Morgan fingerprint density at radius 3 is 2.65 bits per heavy atom. The van der Waals surface area contributed by atoms with E-state index in [4.69, 9.17) is 5.11 Å². The second kappa shape index (κ2) is 6.00. The molecule has 0 spiro atoms. The lowest BCUT2D eigenvalue weighted by Crippen LogP contribution is -2.39. The maximum Gasteiger partial charge on any atom is 0.228 e. The van der Waals surface area contributed by atoms with Crippen LogP contribution in [0.3, 0.4) is 0 Å². The molecule has 1 fully saturated rings. The molecule has 1 saturated heterocycles. The smallest absolute Gasteiger partial charge is 0.228 e. The van der Waals surface area contributed by atoms with Gasteiger partial charge in [-0.1, -0.05) is 0 Å². The summed E-state index contributed by atoms with van der Waals surface area (Å²) in [5.41, 5.74) is 0. The lowest BCUT2D eigenvalue weighted by atomic mass is 10.1. The van der Waals surface area contributed by atoms with Gasteiger partial charge in [0.2, 0.25) is 11.8 Å². The topological polar surface area (TPSA) is 60.9 Å². The molecule has 0 aromatic rings. The lowest BCUT2D eigenvalue weighted by molar-refractivity contribution is -0.136. The minimum absolute atomic E-state index is 0.0157. The first-order valence-electron chi connectivity index (χ1n) is 6.20. The van der Waals surface area contributed by atoms with Gasteiger partial charge in [0.1, 0.15) is 0 Å². The van der Waals surface area contributed by atoms with E-state index < -0.39 is 0 Å². The largest absolute Gasteiger partial charge is 0.395 e. The van der Waals surface area contributed by atoms with Crippen LogP contribution in [0.4, 0.5) is 0 Å².